The van der Waals surface area contributed by atoms with Crippen molar-refractivity contribution in [1.82, 2.24) is 10.2 Å². The number of piperazine rings is 1. The molecule has 0 saturated carbocycles. The summed E-state index contributed by atoms with van der Waals surface area (Å²) in [6, 6.07) is -0.799. The van der Waals surface area contributed by atoms with Crippen LogP contribution in [0.5, 0.6) is 0 Å². The summed E-state index contributed by atoms with van der Waals surface area (Å²) in [6.07, 6.45) is 1.78. The SMILES string of the molecule is CCCC[C@@H](c1c(F)c(F)c(F)c(F)c1F)N1CCNCC1.Cl.Cl. The van der Waals surface area contributed by atoms with Crippen LogP contribution in [0, 0.1) is 29.1 Å². The molecule has 1 fully saturated rings. The van der Waals surface area contributed by atoms with Crippen molar-refractivity contribution in [2.75, 3.05) is 26.2 Å². The summed E-state index contributed by atoms with van der Waals surface area (Å²) in [7, 11) is 0. The molecule has 0 amide bonds. The molecular formula is C15H21Cl2F5N2. The maximum absolute atomic E-state index is 14.1. The molecule has 0 bridgehead atoms. The lowest BCUT2D eigenvalue weighted by molar-refractivity contribution is 0.154. The molecule has 2 nitrogen and oxygen atoms in total. The highest BCUT2D eigenvalue weighted by molar-refractivity contribution is 5.85. The molecule has 1 aromatic rings. The lowest BCUT2D eigenvalue weighted by Gasteiger charge is -2.35. The first-order valence-corrected chi connectivity index (χ1v) is 7.45. The molecule has 1 heterocycles. The molecule has 140 valence electrons. The smallest absolute Gasteiger partial charge is 0.200 e. The van der Waals surface area contributed by atoms with Crippen molar-refractivity contribution in [3.8, 4) is 0 Å². The number of nitrogens with one attached hydrogen (secondary N) is 1. The third-order valence-corrected chi connectivity index (χ3v) is 4.00. The normalized spacial score (nSPS) is 16.2. The average Bonchev–Trinajstić information content (AvgIpc) is 2.55. The molecule has 0 radical (unpaired) electrons. The van der Waals surface area contributed by atoms with Gasteiger partial charge in [-0.05, 0) is 6.42 Å². The molecule has 0 aromatic heterocycles. The fourth-order valence-corrected chi connectivity index (χ4v) is 2.82. The molecule has 0 spiro atoms. The molecule has 1 aromatic carbocycles. The zero-order valence-corrected chi connectivity index (χ0v) is 14.8. The summed E-state index contributed by atoms with van der Waals surface area (Å²) in [5, 5.41) is 3.10. The molecule has 1 aliphatic rings. The van der Waals surface area contributed by atoms with Gasteiger partial charge in [-0.25, -0.2) is 22.0 Å². The van der Waals surface area contributed by atoms with Gasteiger partial charge in [-0.3, -0.25) is 4.90 Å². The van der Waals surface area contributed by atoms with E-state index in [-0.39, 0.29) is 24.8 Å². The number of nitrogens with zero attached hydrogens (tertiary/aromatic N) is 1. The van der Waals surface area contributed by atoms with Crippen LogP contribution in [0.15, 0.2) is 0 Å². The Hall–Kier alpha value is -0.630. The van der Waals surface area contributed by atoms with E-state index in [9.17, 15) is 22.0 Å². The Labute approximate surface area is 150 Å². The molecule has 24 heavy (non-hydrogen) atoms. The second-order valence-corrected chi connectivity index (χ2v) is 5.43. The highest BCUT2D eigenvalue weighted by Gasteiger charge is 2.33. The minimum absolute atomic E-state index is 0. The second-order valence-electron chi connectivity index (χ2n) is 5.43. The Bertz CT molecular complexity index is 510. The summed E-state index contributed by atoms with van der Waals surface area (Å²) < 4.78 is 68.3. The van der Waals surface area contributed by atoms with Crippen molar-refractivity contribution in [2.45, 2.75) is 32.2 Å². The van der Waals surface area contributed by atoms with Gasteiger partial charge < -0.3 is 5.32 Å². The fourth-order valence-electron chi connectivity index (χ4n) is 2.82. The van der Waals surface area contributed by atoms with Crippen LogP contribution in [0.3, 0.4) is 0 Å². The maximum atomic E-state index is 14.1. The van der Waals surface area contributed by atoms with Crippen LogP contribution in [0.4, 0.5) is 22.0 Å². The summed E-state index contributed by atoms with van der Waals surface area (Å²) in [4.78, 5) is 1.78. The van der Waals surface area contributed by atoms with Crippen molar-refractivity contribution >= 4 is 24.8 Å². The largest absolute Gasteiger partial charge is 0.314 e. The fraction of sp³-hybridized carbons (Fsp3) is 0.600. The number of unbranched alkanes of at least 4 members (excludes halogenated alkanes) is 1. The Kier molecular flexibility index (Phi) is 10.1. The molecule has 9 heteroatoms. The van der Waals surface area contributed by atoms with E-state index < -0.39 is 40.7 Å². The molecule has 2 rings (SSSR count). The van der Waals surface area contributed by atoms with E-state index in [1.165, 1.54) is 0 Å². The Morgan fingerprint density at radius 3 is 1.79 bits per heavy atom. The van der Waals surface area contributed by atoms with E-state index in [1.54, 1.807) is 4.90 Å². The Balaban J connectivity index is 0.00000264. The molecule has 1 atom stereocenters. The summed E-state index contributed by atoms with van der Waals surface area (Å²) in [6.45, 7) is 4.17. The van der Waals surface area contributed by atoms with Crippen molar-refractivity contribution in [3.05, 3.63) is 34.6 Å². The van der Waals surface area contributed by atoms with E-state index >= 15 is 0 Å². The van der Waals surface area contributed by atoms with E-state index in [0.717, 1.165) is 6.42 Å². The van der Waals surface area contributed by atoms with Crippen molar-refractivity contribution in [2.24, 2.45) is 0 Å². The Morgan fingerprint density at radius 2 is 1.33 bits per heavy atom. The first-order chi connectivity index (χ1) is 10.5. The highest BCUT2D eigenvalue weighted by Crippen LogP contribution is 2.34. The molecule has 0 unspecified atom stereocenters. The van der Waals surface area contributed by atoms with Crippen LogP contribution in [0.2, 0.25) is 0 Å². The average molecular weight is 395 g/mol. The standard InChI is InChI=1S/C15H19F5N2.2ClH/c1-2-3-4-9(22-7-5-21-6-8-22)10-11(16)13(18)15(20)14(19)12(10)17;;/h9,21H,2-8H2,1H3;2*1H/t9-;;/m0../s1. The Morgan fingerprint density at radius 1 is 0.875 bits per heavy atom. The van der Waals surface area contributed by atoms with E-state index in [2.05, 4.69) is 5.32 Å². The van der Waals surface area contributed by atoms with E-state index in [1.807, 2.05) is 6.92 Å². The van der Waals surface area contributed by atoms with Crippen LogP contribution in [-0.2, 0) is 0 Å². The van der Waals surface area contributed by atoms with Crippen LogP contribution < -0.4 is 5.32 Å². The third kappa shape index (κ3) is 4.71. The van der Waals surface area contributed by atoms with Gasteiger partial charge in [0, 0.05) is 37.8 Å². The lowest BCUT2D eigenvalue weighted by Crippen LogP contribution is -2.45. The van der Waals surface area contributed by atoms with E-state index in [0.29, 0.717) is 39.0 Å². The number of benzene rings is 1. The van der Waals surface area contributed by atoms with Crippen LogP contribution in [0.25, 0.3) is 0 Å². The minimum atomic E-state index is -2.10. The summed E-state index contributed by atoms with van der Waals surface area (Å²) >= 11 is 0. The molecule has 1 aliphatic heterocycles. The van der Waals surface area contributed by atoms with Gasteiger partial charge in [0.15, 0.2) is 23.3 Å². The van der Waals surface area contributed by atoms with Gasteiger partial charge in [-0.1, -0.05) is 19.8 Å². The quantitative estimate of drug-likeness (QED) is 0.453. The molecule has 1 N–H and O–H groups in total. The van der Waals surface area contributed by atoms with Crippen molar-refractivity contribution in [1.29, 1.82) is 0 Å². The third-order valence-electron chi connectivity index (χ3n) is 4.00. The van der Waals surface area contributed by atoms with Crippen molar-refractivity contribution in [3.63, 3.8) is 0 Å². The zero-order chi connectivity index (χ0) is 16.3. The predicted octanol–water partition coefficient (Wildman–Crippen LogP) is 4.36. The van der Waals surface area contributed by atoms with Gasteiger partial charge in [-0.15, -0.1) is 24.8 Å². The molecular weight excluding hydrogens is 374 g/mol. The summed E-state index contributed by atoms with van der Waals surface area (Å²) in [5.74, 6) is -9.27. The van der Waals surface area contributed by atoms with Gasteiger partial charge >= 0.3 is 0 Å². The first kappa shape index (κ1) is 23.4. The maximum Gasteiger partial charge on any atom is 0.200 e. The first-order valence-electron chi connectivity index (χ1n) is 7.45. The van der Waals surface area contributed by atoms with Crippen LogP contribution in [0.1, 0.15) is 37.8 Å². The second kappa shape index (κ2) is 10.4. The van der Waals surface area contributed by atoms with Crippen LogP contribution in [-0.4, -0.2) is 31.1 Å². The molecule has 1 saturated heterocycles. The van der Waals surface area contributed by atoms with Gasteiger partial charge in [0.2, 0.25) is 5.82 Å². The number of hydrogen-bond acceptors (Lipinski definition) is 2. The van der Waals surface area contributed by atoms with Gasteiger partial charge in [0.1, 0.15) is 0 Å². The monoisotopic (exact) mass is 394 g/mol. The summed E-state index contributed by atoms with van der Waals surface area (Å²) in [5.41, 5.74) is -0.702. The van der Waals surface area contributed by atoms with Gasteiger partial charge in [0.05, 0.1) is 0 Å². The minimum Gasteiger partial charge on any atom is -0.314 e. The number of rotatable bonds is 5. The van der Waals surface area contributed by atoms with Gasteiger partial charge in [0.25, 0.3) is 0 Å². The van der Waals surface area contributed by atoms with Gasteiger partial charge in [-0.2, -0.15) is 0 Å². The predicted molar refractivity (Wildman–Crippen MR) is 87.4 cm³/mol. The highest BCUT2D eigenvalue weighted by atomic mass is 35.5. The number of halogens is 7. The topological polar surface area (TPSA) is 15.3 Å². The van der Waals surface area contributed by atoms with Crippen molar-refractivity contribution < 1.29 is 22.0 Å². The zero-order valence-electron chi connectivity index (χ0n) is 13.2. The van der Waals surface area contributed by atoms with Crippen LogP contribution >= 0.6 is 24.8 Å². The van der Waals surface area contributed by atoms with E-state index in [4.69, 9.17) is 0 Å². The number of hydrogen-bond donors (Lipinski definition) is 1. The lowest BCUT2D eigenvalue weighted by atomic mass is 9.97. The molecule has 0 aliphatic carbocycles.